The molecule has 128 valence electrons. The van der Waals surface area contributed by atoms with E-state index in [4.69, 9.17) is 25.8 Å². The van der Waals surface area contributed by atoms with Gasteiger partial charge in [0.2, 0.25) is 0 Å². The molecule has 6 atom stereocenters. The predicted molar refractivity (Wildman–Crippen MR) is 66.2 cm³/mol. The molecule has 0 spiro atoms. The summed E-state index contributed by atoms with van der Waals surface area (Å²) in [7, 11) is 0. The van der Waals surface area contributed by atoms with Crippen LogP contribution in [0, 0.1) is 0 Å². The van der Waals surface area contributed by atoms with Gasteiger partial charge in [-0.25, -0.2) is 4.79 Å². The van der Waals surface area contributed by atoms with Gasteiger partial charge in [0.05, 0.1) is 12.7 Å². The summed E-state index contributed by atoms with van der Waals surface area (Å²) in [6.07, 6.45) is -9.14. The van der Waals surface area contributed by atoms with E-state index in [2.05, 4.69) is 0 Å². The molecule has 0 radical (unpaired) electrons. The Morgan fingerprint density at radius 1 is 1.32 bits per heavy atom. The third-order valence-electron chi connectivity index (χ3n) is 3.67. The van der Waals surface area contributed by atoms with E-state index in [-0.39, 0.29) is 0 Å². The van der Waals surface area contributed by atoms with Crippen LogP contribution in [0.2, 0.25) is 0 Å². The zero-order valence-electron chi connectivity index (χ0n) is 11.4. The fraction of sp³-hybridized carbons (Fsp3) is 0.818. The topological polar surface area (TPSA) is 211 Å². The Hall–Kier alpha value is -1.18. The summed E-state index contributed by atoms with van der Waals surface area (Å²) in [6.45, 7) is -2.16. The van der Waals surface area contributed by atoms with E-state index in [1.807, 2.05) is 0 Å². The molecule has 1 aliphatic heterocycles. The highest BCUT2D eigenvalue weighted by Gasteiger charge is 2.62. The molecule has 22 heavy (non-hydrogen) atoms. The summed E-state index contributed by atoms with van der Waals surface area (Å²) in [4.78, 5) is 22.8. The van der Waals surface area contributed by atoms with Crippen molar-refractivity contribution in [1.82, 2.24) is 0 Å². The van der Waals surface area contributed by atoms with Crippen LogP contribution in [-0.4, -0.2) is 96.5 Å². The largest absolute Gasteiger partial charge is 0.477 e. The molecule has 11 heteroatoms. The van der Waals surface area contributed by atoms with Crippen LogP contribution in [0.1, 0.15) is 6.42 Å². The van der Waals surface area contributed by atoms with Crippen molar-refractivity contribution >= 4 is 11.8 Å². The number of carbonyl (C=O) groups excluding carboxylic acids is 1. The van der Waals surface area contributed by atoms with Gasteiger partial charge in [0.15, 0.2) is 5.78 Å². The van der Waals surface area contributed by atoms with Crippen LogP contribution < -0.4 is 5.73 Å². The van der Waals surface area contributed by atoms with Crippen molar-refractivity contribution in [1.29, 1.82) is 0 Å². The molecule has 1 fully saturated rings. The summed E-state index contributed by atoms with van der Waals surface area (Å²) in [5.41, 5.74) is 3.18. The Bertz CT molecular complexity index is 445. The minimum atomic E-state index is -2.97. The molecule has 11 nitrogen and oxygen atoms in total. The monoisotopic (exact) mass is 325 g/mol. The minimum Gasteiger partial charge on any atom is -0.477 e. The average Bonchev–Trinajstić information content (AvgIpc) is 2.48. The second-order valence-electron chi connectivity index (χ2n) is 5.10. The van der Waals surface area contributed by atoms with E-state index in [0.29, 0.717) is 0 Å². The Morgan fingerprint density at radius 2 is 1.86 bits per heavy atom. The van der Waals surface area contributed by atoms with Crippen LogP contribution in [0.25, 0.3) is 0 Å². The van der Waals surface area contributed by atoms with Crippen molar-refractivity contribution in [2.45, 2.75) is 42.2 Å². The maximum absolute atomic E-state index is 11.8. The summed E-state index contributed by atoms with van der Waals surface area (Å²) < 4.78 is 4.75. The Kier molecular flexibility index (Phi) is 5.59. The maximum Gasteiger partial charge on any atom is 0.364 e. The summed E-state index contributed by atoms with van der Waals surface area (Å²) >= 11 is 0. The highest BCUT2D eigenvalue weighted by atomic mass is 16.7. The van der Waals surface area contributed by atoms with Gasteiger partial charge in [-0.05, 0) is 0 Å². The van der Waals surface area contributed by atoms with Gasteiger partial charge in [-0.1, -0.05) is 0 Å². The third kappa shape index (κ3) is 2.98. The van der Waals surface area contributed by atoms with Gasteiger partial charge < -0.3 is 46.2 Å². The van der Waals surface area contributed by atoms with E-state index < -0.39 is 67.1 Å². The molecule has 0 aromatic heterocycles. The first kappa shape index (κ1) is 18.9. The van der Waals surface area contributed by atoms with Crippen LogP contribution in [0.15, 0.2) is 0 Å². The van der Waals surface area contributed by atoms with Crippen LogP contribution in [0.5, 0.6) is 0 Å². The lowest BCUT2D eigenvalue weighted by Crippen LogP contribution is -2.76. The molecule has 1 saturated heterocycles. The first-order valence-corrected chi connectivity index (χ1v) is 6.26. The number of aliphatic hydroxyl groups excluding tert-OH is 5. The minimum absolute atomic E-state index is 0.994. The molecule has 1 heterocycles. The van der Waals surface area contributed by atoms with Crippen molar-refractivity contribution in [2.75, 3.05) is 13.2 Å². The van der Waals surface area contributed by atoms with Gasteiger partial charge in [0, 0.05) is 6.42 Å². The van der Waals surface area contributed by atoms with Gasteiger partial charge in [0.1, 0.15) is 30.5 Å². The number of nitrogens with two attached hydrogens (primary N) is 1. The molecular weight excluding hydrogens is 306 g/mol. The SMILES string of the molecule is N[C@]1(C(=O)CO)[C@@H](O)CC(O)(C(=O)O)O[C@H]1[C@H](O)[C@H](O)CO. The van der Waals surface area contributed by atoms with Crippen LogP contribution >= 0.6 is 0 Å². The second-order valence-corrected chi connectivity index (χ2v) is 5.10. The fourth-order valence-electron chi connectivity index (χ4n) is 2.26. The second kappa shape index (κ2) is 6.52. The summed E-state index contributed by atoms with van der Waals surface area (Å²) in [6, 6.07) is 0. The fourth-order valence-corrected chi connectivity index (χ4v) is 2.26. The number of rotatable bonds is 6. The highest BCUT2D eigenvalue weighted by molar-refractivity contribution is 5.91. The lowest BCUT2D eigenvalue weighted by Gasteiger charge is -2.49. The molecule has 1 aliphatic rings. The molecule has 1 rings (SSSR count). The van der Waals surface area contributed by atoms with E-state index in [0.717, 1.165) is 0 Å². The third-order valence-corrected chi connectivity index (χ3v) is 3.67. The van der Waals surface area contributed by atoms with Gasteiger partial charge in [-0.3, -0.25) is 4.79 Å². The Labute approximate surface area is 124 Å². The maximum atomic E-state index is 11.8. The predicted octanol–water partition coefficient (Wildman–Crippen LogP) is -5.12. The Morgan fingerprint density at radius 3 is 2.27 bits per heavy atom. The molecule has 0 amide bonds. The van der Waals surface area contributed by atoms with Crippen LogP contribution in [-0.2, 0) is 14.3 Å². The van der Waals surface area contributed by atoms with Gasteiger partial charge in [0.25, 0.3) is 5.79 Å². The first-order valence-electron chi connectivity index (χ1n) is 6.26. The normalized spacial score (nSPS) is 38.3. The van der Waals surface area contributed by atoms with Crippen LogP contribution in [0.4, 0.5) is 0 Å². The van der Waals surface area contributed by atoms with Gasteiger partial charge in [-0.15, -0.1) is 0 Å². The number of hydrogen-bond acceptors (Lipinski definition) is 10. The average molecular weight is 325 g/mol. The number of aliphatic carboxylic acids is 1. The van der Waals surface area contributed by atoms with Crippen molar-refractivity contribution in [3.63, 3.8) is 0 Å². The van der Waals surface area contributed by atoms with Crippen molar-refractivity contribution in [3.8, 4) is 0 Å². The molecule has 0 saturated carbocycles. The van der Waals surface area contributed by atoms with E-state index in [1.165, 1.54) is 0 Å². The quantitative estimate of drug-likeness (QED) is 0.231. The number of carboxylic acid groups (broad SMARTS) is 1. The number of carboxylic acids is 1. The number of hydrogen-bond donors (Lipinski definition) is 8. The Balaban J connectivity index is 3.31. The zero-order valence-corrected chi connectivity index (χ0v) is 11.4. The van der Waals surface area contributed by atoms with Gasteiger partial charge in [-0.2, -0.15) is 0 Å². The van der Waals surface area contributed by atoms with E-state index in [9.17, 15) is 30.0 Å². The lowest BCUT2D eigenvalue weighted by molar-refractivity contribution is -0.304. The molecule has 0 bridgehead atoms. The zero-order chi connectivity index (χ0) is 17.3. The van der Waals surface area contributed by atoms with Gasteiger partial charge >= 0.3 is 5.97 Å². The molecule has 0 aromatic carbocycles. The summed E-state index contributed by atoms with van der Waals surface area (Å²) in [5.74, 6) is -6.10. The number of ketones is 1. The van der Waals surface area contributed by atoms with Crippen molar-refractivity contribution < 1.29 is 50.1 Å². The number of ether oxygens (including phenoxy) is 1. The number of aliphatic hydroxyl groups is 6. The smallest absolute Gasteiger partial charge is 0.364 e. The molecule has 1 unspecified atom stereocenters. The lowest BCUT2D eigenvalue weighted by atomic mass is 9.74. The molecule has 0 aliphatic carbocycles. The molecule has 0 aromatic rings. The molecule has 9 N–H and O–H groups in total. The summed E-state index contributed by atoms with van der Waals surface area (Å²) in [5, 5.41) is 65.8. The highest BCUT2D eigenvalue weighted by Crippen LogP contribution is 2.36. The number of carbonyl (C=O) groups is 2. The number of Topliss-reactive ketones (excluding diaryl/α,β-unsaturated/α-hetero) is 1. The van der Waals surface area contributed by atoms with E-state index >= 15 is 0 Å². The van der Waals surface area contributed by atoms with Crippen LogP contribution in [0.3, 0.4) is 0 Å². The first-order chi connectivity index (χ1) is 10.0. The molecular formula is C11H19NO10. The standard InChI is InChI=1S/C11H19NO10/c12-11(6(17)3-14)5(16)1-10(21,9(19)20)22-8(11)7(18)4(15)2-13/h4-5,7-8,13-16,18,21H,1-3,12H2,(H,19,20)/t4-,5+,7-,8+,10?,11+/m1/s1. The van der Waals surface area contributed by atoms with Crippen molar-refractivity contribution in [2.24, 2.45) is 5.73 Å². The van der Waals surface area contributed by atoms with E-state index in [1.54, 1.807) is 0 Å². The van der Waals surface area contributed by atoms with Crippen molar-refractivity contribution in [3.05, 3.63) is 0 Å².